The number of H-pyrrole nitrogens is 1. The second-order valence-electron chi connectivity index (χ2n) is 7.85. The molecule has 0 radical (unpaired) electrons. The van der Waals surface area contributed by atoms with Gasteiger partial charge in [0.1, 0.15) is 0 Å². The molecule has 2 fully saturated rings. The van der Waals surface area contributed by atoms with Crippen molar-refractivity contribution in [2.45, 2.75) is 70.4 Å². The van der Waals surface area contributed by atoms with Crippen LogP contribution in [0.3, 0.4) is 0 Å². The molecular weight excluding hydrogens is 308 g/mol. The highest BCUT2D eigenvalue weighted by atomic mass is 15.3. The van der Waals surface area contributed by atoms with Crippen LogP contribution < -0.4 is 4.90 Å². The van der Waals surface area contributed by atoms with Gasteiger partial charge in [0.2, 0.25) is 5.95 Å². The molecule has 136 valence electrons. The molecule has 0 bridgehead atoms. The molecule has 1 aliphatic carbocycles. The van der Waals surface area contributed by atoms with E-state index in [0.717, 1.165) is 29.6 Å². The van der Waals surface area contributed by atoms with Gasteiger partial charge in [-0.1, -0.05) is 44.7 Å². The summed E-state index contributed by atoms with van der Waals surface area (Å²) in [5, 5.41) is 0. The number of likely N-dealkylation sites (tertiary alicyclic amines) is 1. The maximum atomic E-state index is 4.90. The van der Waals surface area contributed by atoms with Crippen molar-refractivity contribution in [1.29, 1.82) is 0 Å². The Balaban J connectivity index is 1.50. The van der Waals surface area contributed by atoms with Crippen LogP contribution in [0.2, 0.25) is 0 Å². The minimum absolute atomic E-state index is 0.606. The maximum absolute atomic E-state index is 4.90. The van der Waals surface area contributed by atoms with Gasteiger partial charge in [0.15, 0.2) is 0 Å². The third-order valence-electron chi connectivity index (χ3n) is 6.13. The van der Waals surface area contributed by atoms with Crippen LogP contribution in [-0.4, -0.2) is 46.6 Å². The summed E-state index contributed by atoms with van der Waals surface area (Å²) < 4.78 is 0. The summed E-state index contributed by atoms with van der Waals surface area (Å²) >= 11 is 0. The van der Waals surface area contributed by atoms with Crippen molar-refractivity contribution in [3.63, 3.8) is 0 Å². The molecule has 1 unspecified atom stereocenters. The number of unbranched alkanes of at least 4 members (excludes halogenated alkanes) is 1. The summed E-state index contributed by atoms with van der Waals surface area (Å²) in [5.74, 6) is 1.07. The van der Waals surface area contributed by atoms with E-state index in [1.165, 1.54) is 64.5 Å². The van der Waals surface area contributed by atoms with Crippen LogP contribution in [-0.2, 0) is 0 Å². The van der Waals surface area contributed by atoms with Crippen LogP contribution in [0.25, 0.3) is 11.0 Å². The number of benzene rings is 1. The fraction of sp³-hybridized carbons (Fsp3) is 0.667. The number of nitrogens with one attached hydrogen (secondary N) is 1. The molecule has 1 saturated carbocycles. The van der Waals surface area contributed by atoms with Crippen LogP contribution in [0.1, 0.15) is 58.3 Å². The van der Waals surface area contributed by atoms with Crippen LogP contribution in [0.15, 0.2) is 24.3 Å². The van der Waals surface area contributed by atoms with Gasteiger partial charge < -0.3 is 9.88 Å². The van der Waals surface area contributed by atoms with Crippen molar-refractivity contribution >= 4 is 17.0 Å². The summed E-state index contributed by atoms with van der Waals surface area (Å²) in [7, 11) is 0. The minimum Gasteiger partial charge on any atom is -0.338 e. The lowest BCUT2D eigenvalue weighted by molar-refractivity contribution is 0.189. The second kappa shape index (κ2) is 7.77. The smallest absolute Gasteiger partial charge is 0.204 e. The van der Waals surface area contributed by atoms with Crippen molar-refractivity contribution in [2.24, 2.45) is 0 Å². The van der Waals surface area contributed by atoms with Crippen molar-refractivity contribution in [1.82, 2.24) is 14.9 Å². The fourth-order valence-corrected chi connectivity index (χ4v) is 4.67. The molecule has 4 rings (SSSR count). The van der Waals surface area contributed by atoms with Gasteiger partial charge in [0, 0.05) is 31.7 Å². The highest BCUT2D eigenvalue weighted by Gasteiger charge is 2.33. The fourth-order valence-electron chi connectivity index (χ4n) is 4.67. The molecule has 2 aromatic rings. The zero-order chi connectivity index (χ0) is 17.1. The van der Waals surface area contributed by atoms with Crippen LogP contribution in [0.5, 0.6) is 0 Å². The Labute approximate surface area is 151 Å². The predicted molar refractivity (Wildman–Crippen MR) is 105 cm³/mol. The van der Waals surface area contributed by atoms with E-state index >= 15 is 0 Å². The number of para-hydroxylation sites is 2. The molecule has 25 heavy (non-hydrogen) atoms. The first-order valence-electron chi connectivity index (χ1n) is 10.3. The molecule has 1 atom stereocenters. The van der Waals surface area contributed by atoms with Gasteiger partial charge in [0.05, 0.1) is 11.0 Å². The number of rotatable bonds is 6. The zero-order valence-electron chi connectivity index (χ0n) is 15.6. The quantitative estimate of drug-likeness (QED) is 0.836. The van der Waals surface area contributed by atoms with E-state index in [1.807, 2.05) is 0 Å². The lowest BCUT2D eigenvalue weighted by Crippen LogP contribution is -2.41. The minimum atomic E-state index is 0.606. The highest BCUT2D eigenvalue weighted by molar-refractivity contribution is 5.77. The van der Waals surface area contributed by atoms with Crippen molar-refractivity contribution < 1.29 is 0 Å². The molecule has 1 aromatic carbocycles. The van der Waals surface area contributed by atoms with E-state index in [2.05, 4.69) is 46.0 Å². The topological polar surface area (TPSA) is 35.2 Å². The third kappa shape index (κ3) is 3.69. The molecule has 4 nitrogen and oxygen atoms in total. The Hall–Kier alpha value is -1.55. The number of aromatic nitrogens is 2. The standard InChI is InChI=1S/C21H32N4/c1-2-3-14-25(21-22-19-11-7-8-12-20(19)23-21)18-13-15-24(16-18)17-9-5-4-6-10-17/h7-8,11-12,17-18H,2-6,9-10,13-16H2,1H3,(H,22,23). The first-order chi connectivity index (χ1) is 12.3. The zero-order valence-corrected chi connectivity index (χ0v) is 15.6. The van der Waals surface area contributed by atoms with Gasteiger partial charge in [-0.2, -0.15) is 0 Å². The van der Waals surface area contributed by atoms with Gasteiger partial charge >= 0.3 is 0 Å². The van der Waals surface area contributed by atoms with E-state index in [-0.39, 0.29) is 0 Å². The second-order valence-corrected chi connectivity index (χ2v) is 7.85. The van der Waals surface area contributed by atoms with Crippen molar-refractivity contribution in [3.05, 3.63) is 24.3 Å². The van der Waals surface area contributed by atoms with E-state index in [1.54, 1.807) is 0 Å². The van der Waals surface area contributed by atoms with Gasteiger partial charge in [-0.05, 0) is 37.8 Å². The Morgan fingerprint density at radius 1 is 1.16 bits per heavy atom. The summed E-state index contributed by atoms with van der Waals surface area (Å²) in [5.41, 5.74) is 2.24. The monoisotopic (exact) mass is 340 g/mol. The number of hydrogen-bond donors (Lipinski definition) is 1. The van der Waals surface area contributed by atoms with Crippen LogP contribution in [0.4, 0.5) is 5.95 Å². The maximum Gasteiger partial charge on any atom is 0.204 e. The molecule has 0 spiro atoms. The van der Waals surface area contributed by atoms with Crippen LogP contribution in [0, 0.1) is 0 Å². The molecule has 0 amide bonds. The Morgan fingerprint density at radius 3 is 2.80 bits per heavy atom. The van der Waals surface area contributed by atoms with Gasteiger partial charge in [0.25, 0.3) is 0 Å². The Bertz CT molecular complexity index is 640. The predicted octanol–water partition coefficient (Wildman–Crippen LogP) is 4.58. The molecule has 2 heterocycles. The van der Waals surface area contributed by atoms with E-state index < -0.39 is 0 Å². The SMILES string of the molecule is CCCCN(c1nc2ccccc2[nH]1)C1CCN(C2CCCCC2)C1. The molecule has 1 saturated heterocycles. The van der Waals surface area contributed by atoms with E-state index in [4.69, 9.17) is 4.98 Å². The number of aromatic amines is 1. The Kier molecular flexibility index (Phi) is 5.25. The van der Waals surface area contributed by atoms with Crippen molar-refractivity contribution in [2.75, 3.05) is 24.5 Å². The van der Waals surface area contributed by atoms with E-state index in [0.29, 0.717) is 6.04 Å². The molecule has 1 N–H and O–H groups in total. The average Bonchev–Trinajstić information content (AvgIpc) is 3.30. The van der Waals surface area contributed by atoms with Crippen molar-refractivity contribution in [3.8, 4) is 0 Å². The van der Waals surface area contributed by atoms with Gasteiger partial charge in [-0.25, -0.2) is 4.98 Å². The summed E-state index contributed by atoms with van der Waals surface area (Å²) in [4.78, 5) is 13.8. The summed E-state index contributed by atoms with van der Waals surface area (Å²) in [6, 6.07) is 9.84. The first kappa shape index (κ1) is 16.9. The number of nitrogens with zero attached hydrogens (tertiary/aromatic N) is 3. The number of imidazole rings is 1. The summed E-state index contributed by atoms with van der Waals surface area (Å²) in [6.07, 6.45) is 10.8. The first-order valence-corrected chi connectivity index (χ1v) is 10.3. The Morgan fingerprint density at radius 2 is 2.00 bits per heavy atom. The van der Waals surface area contributed by atoms with Crippen LogP contribution >= 0.6 is 0 Å². The largest absolute Gasteiger partial charge is 0.338 e. The average molecular weight is 341 g/mol. The molecule has 1 aliphatic heterocycles. The molecular formula is C21H32N4. The normalized spacial score (nSPS) is 22.7. The third-order valence-corrected chi connectivity index (χ3v) is 6.13. The number of anilines is 1. The number of fused-ring (bicyclic) bond motifs is 1. The molecule has 2 aliphatic rings. The van der Waals surface area contributed by atoms with E-state index in [9.17, 15) is 0 Å². The molecule has 4 heteroatoms. The number of hydrogen-bond acceptors (Lipinski definition) is 3. The van der Waals surface area contributed by atoms with Gasteiger partial charge in [-0.15, -0.1) is 0 Å². The highest BCUT2D eigenvalue weighted by Crippen LogP contribution is 2.29. The lowest BCUT2D eigenvalue weighted by Gasteiger charge is -2.33. The lowest BCUT2D eigenvalue weighted by atomic mass is 9.94. The summed E-state index contributed by atoms with van der Waals surface area (Å²) in [6.45, 7) is 5.86. The van der Waals surface area contributed by atoms with Gasteiger partial charge in [-0.3, -0.25) is 4.90 Å². The molecule has 1 aromatic heterocycles.